The molecule has 3 rings (SSSR count). The van der Waals surface area contributed by atoms with E-state index in [1.165, 1.54) is 5.69 Å². The summed E-state index contributed by atoms with van der Waals surface area (Å²) in [5.41, 5.74) is 5.15. The predicted octanol–water partition coefficient (Wildman–Crippen LogP) is 4.08. The van der Waals surface area contributed by atoms with Crippen LogP contribution in [0.25, 0.3) is 5.69 Å². The lowest BCUT2D eigenvalue weighted by Gasteiger charge is -2.30. The second kappa shape index (κ2) is 7.39. The smallest absolute Gasteiger partial charge is 0.181 e. The lowest BCUT2D eigenvalue weighted by molar-refractivity contribution is 0.474. The van der Waals surface area contributed by atoms with Crippen molar-refractivity contribution >= 4 is 11.4 Å². The Morgan fingerprint density at radius 2 is 1.67 bits per heavy atom. The molecule has 3 aromatic rings. The molecule has 0 saturated carbocycles. The van der Waals surface area contributed by atoms with Gasteiger partial charge in [0, 0.05) is 25.5 Å². The quantitative estimate of drug-likeness (QED) is 0.714. The average Bonchev–Trinajstić information content (AvgIpc) is 3.12. The van der Waals surface area contributed by atoms with Gasteiger partial charge in [-0.05, 0) is 73.0 Å². The molecule has 0 aliphatic rings. The van der Waals surface area contributed by atoms with Gasteiger partial charge in [-0.15, -0.1) is 5.10 Å². The number of aryl methyl sites for hydroxylation is 2. The number of tetrazole rings is 1. The fourth-order valence-corrected chi connectivity index (χ4v) is 3.29. The number of anilines is 2. The molecule has 0 fully saturated rings. The van der Waals surface area contributed by atoms with Crippen LogP contribution in [0.15, 0.2) is 42.5 Å². The number of aromatic nitrogens is 4. The molecule has 1 atom stereocenters. The second-order valence-electron chi connectivity index (χ2n) is 7.41. The molecule has 0 aliphatic heterocycles. The van der Waals surface area contributed by atoms with Gasteiger partial charge in [-0.2, -0.15) is 4.68 Å². The molecule has 1 heterocycles. The molecule has 27 heavy (non-hydrogen) atoms. The van der Waals surface area contributed by atoms with E-state index in [1.54, 1.807) is 0 Å². The van der Waals surface area contributed by atoms with E-state index in [9.17, 15) is 0 Å². The molecule has 2 aromatic carbocycles. The monoisotopic (exact) mass is 364 g/mol. The first-order valence-corrected chi connectivity index (χ1v) is 9.26. The van der Waals surface area contributed by atoms with Crippen molar-refractivity contribution in [2.24, 2.45) is 0 Å². The fraction of sp³-hybridized carbons (Fsp3) is 0.381. The molecule has 0 spiro atoms. The third-order valence-corrected chi connectivity index (χ3v) is 5.13. The van der Waals surface area contributed by atoms with Crippen molar-refractivity contribution < 1.29 is 0 Å². The van der Waals surface area contributed by atoms with Gasteiger partial charge >= 0.3 is 0 Å². The molecule has 1 N–H and O–H groups in total. The number of hydrogen-bond acceptors (Lipinski definition) is 5. The van der Waals surface area contributed by atoms with Gasteiger partial charge < -0.3 is 10.2 Å². The zero-order valence-electron chi connectivity index (χ0n) is 17.0. The first-order chi connectivity index (χ1) is 12.9. The highest BCUT2D eigenvalue weighted by Gasteiger charge is 2.32. The van der Waals surface area contributed by atoms with Crippen LogP contribution in [0.1, 0.15) is 37.2 Å². The Labute approximate surface area is 161 Å². The van der Waals surface area contributed by atoms with Crippen LogP contribution >= 0.6 is 0 Å². The number of benzene rings is 2. The highest BCUT2D eigenvalue weighted by molar-refractivity contribution is 5.56. The summed E-state index contributed by atoms with van der Waals surface area (Å²) in [5.74, 6) is 0.805. The largest absolute Gasteiger partial charge is 0.378 e. The third-order valence-electron chi connectivity index (χ3n) is 5.13. The van der Waals surface area contributed by atoms with E-state index in [4.69, 9.17) is 0 Å². The van der Waals surface area contributed by atoms with E-state index in [2.05, 4.69) is 95.9 Å². The van der Waals surface area contributed by atoms with E-state index in [0.717, 1.165) is 34.7 Å². The van der Waals surface area contributed by atoms with E-state index in [0.29, 0.717) is 0 Å². The Bertz CT molecular complexity index is 892. The molecular formula is C21H28N6. The van der Waals surface area contributed by atoms with E-state index >= 15 is 0 Å². The molecular weight excluding hydrogens is 336 g/mol. The van der Waals surface area contributed by atoms with Crippen molar-refractivity contribution in [3.05, 3.63) is 59.4 Å². The van der Waals surface area contributed by atoms with Crippen LogP contribution < -0.4 is 10.2 Å². The van der Waals surface area contributed by atoms with Crippen LogP contribution in [0, 0.1) is 13.8 Å². The summed E-state index contributed by atoms with van der Waals surface area (Å²) < 4.78 is 1.87. The molecule has 6 heteroatoms. The summed E-state index contributed by atoms with van der Waals surface area (Å²) in [6, 6.07) is 14.6. The van der Waals surface area contributed by atoms with Crippen LogP contribution in [0.3, 0.4) is 0 Å². The maximum absolute atomic E-state index is 4.39. The fourth-order valence-electron chi connectivity index (χ4n) is 3.29. The van der Waals surface area contributed by atoms with E-state index < -0.39 is 5.54 Å². The van der Waals surface area contributed by atoms with Gasteiger partial charge in [-0.3, -0.25) is 0 Å². The topological polar surface area (TPSA) is 58.9 Å². The van der Waals surface area contributed by atoms with Gasteiger partial charge in [0.1, 0.15) is 0 Å². The Morgan fingerprint density at radius 1 is 1.04 bits per heavy atom. The standard InChI is InChI=1S/C21H28N6/c1-7-21(4,22-17-11-13-18(14-12-17)26(5)6)20-23-24-25-27(20)19-15(2)9-8-10-16(19)3/h8-14,22H,7H2,1-6H3/t21-/m1/s1. The van der Waals surface area contributed by atoms with Crippen molar-refractivity contribution in [1.29, 1.82) is 0 Å². The molecule has 0 bridgehead atoms. The van der Waals surface area contributed by atoms with Crippen LogP contribution in [0.4, 0.5) is 11.4 Å². The minimum absolute atomic E-state index is 0.405. The Kier molecular flexibility index (Phi) is 5.17. The Morgan fingerprint density at radius 3 is 2.22 bits per heavy atom. The zero-order valence-corrected chi connectivity index (χ0v) is 17.0. The zero-order chi connectivity index (χ0) is 19.6. The highest BCUT2D eigenvalue weighted by Crippen LogP contribution is 2.31. The SMILES string of the molecule is CC[C@@](C)(Nc1ccc(N(C)C)cc1)c1nnnn1-c1c(C)cccc1C. The summed E-state index contributed by atoms with van der Waals surface area (Å²) in [7, 11) is 4.08. The van der Waals surface area contributed by atoms with Crippen molar-refractivity contribution in [2.75, 3.05) is 24.3 Å². The summed E-state index contributed by atoms with van der Waals surface area (Å²) in [5, 5.41) is 16.3. The minimum Gasteiger partial charge on any atom is -0.378 e. The lowest BCUT2D eigenvalue weighted by atomic mass is 9.96. The molecule has 6 nitrogen and oxygen atoms in total. The normalized spacial score (nSPS) is 13.3. The molecule has 0 radical (unpaired) electrons. The van der Waals surface area contributed by atoms with Gasteiger partial charge in [-0.25, -0.2) is 0 Å². The summed E-state index contributed by atoms with van der Waals surface area (Å²) in [4.78, 5) is 2.09. The average molecular weight is 364 g/mol. The van der Waals surface area contributed by atoms with Gasteiger partial charge in [0.25, 0.3) is 0 Å². The van der Waals surface area contributed by atoms with Crippen LogP contribution in [0.2, 0.25) is 0 Å². The summed E-state index contributed by atoms with van der Waals surface area (Å²) in [6.07, 6.45) is 0.841. The maximum Gasteiger partial charge on any atom is 0.181 e. The number of hydrogen-bond donors (Lipinski definition) is 1. The van der Waals surface area contributed by atoms with Crippen molar-refractivity contribution in [2.45, 2.75) is 39.7 Å². The molecule has 0 amide bonds. The lowest BCUT2D eigenvalue weighted by Crippen LogP contribution is -2.34. The third kappa shape index (κ3) is 3.65. The first-order valence-electron chi connectivity index (χ1n) is 9.26. The highest BCUT2D eigenvalue weighted by atomic mass is 15.6. The van der Waals surface area contributed by atoms with E-state index in [1.807, 2.05) is 18.8 Å². The molecule has 1 aromatic heterocycles. The molecule has 0 unspecified atom stereocenters. The van der Waals surface area contributed by atoms with E-state index in [-0.39, 0.29) is 0 Å². The van der Waals surface area contributed by atoms with Gasteiger partial charge in [0.2, 0.25) is 0 Å². The van der Waals surface area contributed by atoms with Crippen LogP contribution in [-0.4, -0.2) is 34.3 Å². The van der Waals surface area contributed by atoms with Crippen LogP contribution in [0.5, 0.6) is 0 Å². The van der Waals surface area contributed by atoms with Gasteiger partial charge in [0.15, 0.2) is 5.82 Å². The molecule has 0 saturated heterocycles. The number of rotatable bonds is 6. The Hall–Kier alpha value is -2.89. The van der Waals surface area contributed by atoms with Crippen LogP contribution in [-0.2, 0) is 5.54 Å². The summed E-state index contributed by atoms with van der Waals surface area (Å²) >= 11 is 0. The summed E-state index contributed by atoms with van der Waals surface area (Å²) in [6.45, 7) is 8.46. The first kappa shape index (κ1) is 18.9. The number of para-hydroxylation sites is 1. The van der Waals surface area contributed by atoms with Gasteiger partial charge in [-0.1, -0.05) is 25.1 Å². The van der Waals surface area contributed by atoms with Gasteiger partial charge in [0.05, 0.1) is 11.2 Å². The Balaban J connectivity index is 2.00. The minimum atomic E-state index is -0.405. The second-order valence-corrected chi connectivity index (χ2v) is 7.41. The molecule has 0 aliphatic carbocycles. The van der Waals surface area contributed by atoms with Crippen molar-refractivity contribution in [3.8, 4) is 5.69 Å². The van der Waals surface area contributed by atoms with Crippen molar-refractivity contribution in [1.82, 2.24) is 20.2 Å². The predicted molar refractivity (Wildman–Crippen MR) is 111 cm³/mol. The van der Waals surface area contributed by atoms with Crippen molar-refractivity contribution in [3.63, 3.8) is 0 Å². The molecule has 142 valence electrons. The number of nitrogens with one attached hydrogen (secondary N) is 1. The maximum atomic E-state index is 4.39. The number of nitrogens with zero attached hydrogens (tertiary/aromatic N) is 5.